The number of nitrogens with zero attached hydrogens (tertiary/aromatic N) is 1. The molecule has 21 heavy (non-hydrogen) atoms. The third-order valence-corrected chi connectivity index (χ3v) is 6.41. The fourth-order valence-corrected chi connectivity index (χ4v) is 4.69. The second-order valence-electron chi connectivity index (χ2n) is 5.32. The number of rotatable bonds is 4. The summed E-state index contributed by atoms with van der Waals surface area (Å²) in [5, 5.41) is 0.264. The van der Waals surface area contributed by atoms with Crippen molar-refractivity contribution < 1.29 is 8.42 Å². The molecule has 0 bridgehead atoms. The molecule has 0 heterocycles. The lowest BCUT2D eigenvalue weighted by atomic mass is 9.96. The van der Waals surface area contributed by atoms with Crippen LogP contribution < -0.4 is 5.73 Å². The normalized spacial score (nSPS) is 17.1. The van der Waals surface area contributed by atoms with E-state index >= 15 is 0 Å². The fourth-order valence-electron chi connectivity index (χ4n) is 2.66. The lowest BCUT2D eigenvalue weighted by Crippen LogP contribution is -2.38. The predicted molar refractivity (Wildman–Crippen MR) is 89.2 cm³/mol. The first-order valence-electron chi connectivity index (χ1n) is 6.91. The average Bonchev–Trinajstić information content (AvgIpc) is 2.46. The van der Waals surface area contributed by atoms with Crippen molar-refractivity contribution in [2.45, 2.75) is 43.0 Å². The van der Waals surface area contributed by atoms with Crippen LogP contribution in [0.5, 0.6) is 0 Å². The van der Waals surface area contributed by atoms with Crippen molar-refractivity contribution in [1.82, 2.24) is 4.31 Å². The van der Waals surface area contributed by atoms with Gasteiger partial charge in [0.15, 0.2) is 0 Å². The van der Waals surface area contributed by atoms with Gasteiger partial charge in [0.05, 0.1) is 9.92 Å². The molecule has 4 nitrogen and oxygen atoms in total. The first-order valence-corrected chi connectivity index (χ1v) is 9.14. The van der Waals surface area contributed by atoms with Gasteiger partial charge >= 0.3 is 0 Å². The van der Waals surface area contributed by atoms with Crippen LogP contribution in [-0.4, -0.2) is 30.8 Å². The molecule has 1 saturated carbocycles. The molecule has 0 unspecified atom stereocenters. The largest absolute Gasteiger partial charge is 0.389 e. The van der Waals surface area contributed by atoms with Crippen molar-refractivity contribution in [1.29, 1.82) is 0 Å². The van der Waals surface area contributed by atoms with Crippen LogP contribution >= 0.6 is 23.8 Å². The number of hydrogen-bond donors (Lipinski definition) is 1. The minimum atomic E-state index is -3.54. The molecule has 1 aliphatic rings. The second kappa shape index (κ2) is 6.60. The first kappa shape index (κ1) is 16.7. The maximum atomic E-state index is 12.7. The lowest BCUT2D eigenvalue weighted by molar-refractivity contribution is 0.286. The number of hydrogen-bond acceptors (Lipinski definition) is 3. The van der Waals surface area contributed by atoms with Gasteiger partial charge in [0.1, 0.15) is 4.99 Å². The maximum absolute atomic E-state index is 12.7. The van der Waals surface area contributed by atoms with E-state index in [9.17, 15) is 8.42 Å². The number of thiocarbonyl (C=S) groups is 1. The quantitative estimate of drug-likeness (QED) is 0.851. The summed E-state index contributed by atoms with van der Waals surface area (Å²) in [4.78, 5) is 0.338. The lowest BCUT2D eigenvalue weighted by Gasteiger charge is -2.30. The molecule has 1 aromatic rings. The molecule has 1 aliphatic carbocycles. The van der Waals surface area contributed by atoms with E-state index in [0.717, 1.165) is 25.7 Å². The molecule has 0 amide bonds. The van der Waals surface area contributed by atoms with Crippen molar-refractivity contribution in [2.24, 2.45) is 5.73 Å². The van der Waals surface area contributed by atoms with Crippen LogP contribution in [0.25, 0.3) is 0 Å². The molecule has 2 rings (SSSR count). The molecule has 0 aromatic heterocycles. The van der Waals surface area contributed by atoms with Gasteiger partial charge in [0.2, 0.25) is 10.0 Å². The summed E-state index contributed by atoms with van der Waals surface area (Å²) >= 11 is 10.9. The van der Waals surface area contributed by atoms with Crippen LogP contribution in [0.15, 0.2) is 23.1 Å². The van der Waals surface area contributed by atoms with Crippen molar-refractivity contribution in [3.05, 3.63) is 28.8 Å². The Bertz CT molecular complexity index is 640. The van der Waals surface area contributed by atoms with E-state index in [1.54, 1.807) is 13.1 Å². The van der Waals surface area contributed by atoms with Crippen LogP contribution in [0.4, 0.5) is 0 Å². The molecule has 0 saturated heterocycles. The smallest absolute Gasteiger partial charge is 0.243 e. The van der Waals surface area contributed by atoms with Gasteiger partial charge in [-0.2, -0.15) is 4.31 Å². The second-order valence-corrected chi connectivity index (χ2v) is 8.16. The number of sulfonamides is 1. The Morgan fingerprint density at radius 1 is 1.33 bits per heavy atom. The summed E-state index contributed by atoms with van der Waals surface area (Å²) in [6, 6.07) is 4.56. The van der Waals surface area contributed by atoms with E-state index < -0.39 is 10.0 Å². The minimum Gasteiger partial charge on any atom is -0.389 e. The van der Waals surface area contributed by atoms with E-state index in [0.29, 0.717) is 5.56 Å². The monoisotopic (exact) mass is 346 g/mol. The van der Waals surface area contributed by atoms with E-state index in [1.165, 1.54) is 22.9 Å². The molecular weight excluding hydrogens is 328 g/mol. The summed E-state index contributed by atoms with van der Waals surface area (Å²) in [5.41, 5.74) is 6.03. The predicted octanol–water partition coefficient (Wildman–Crippen LogP) is 2.93. The van der Waals surface area contributed by atoms with Crippen LogP contribution in [0.2, 0.25) is 5.02 Å². The van der Waals surface area contributed by atoms with Crippen LogP contribution in [-0.2, 0) is 10.0 Å². The highest BCUT2D eigenvalue weighted by Gasteiger charge is 2.29. The highest BCUT2D eigenvalue weighted by Crippen LogP contribution is 2.28. The Morgan fingerprint density at radius 2 is 1.95 bits per heavy atom. The molecule has 1 aromatic carbocycles. The Kier molecular flexibility index (Phi) is 5.24. The Morgan fingerprint density at radius 3 is 2.48 bits per heavy atom. The van der Waals surface area contributed by atoms with Crippen LogP contribution in [0.3, 0.4) is 0 Å². The van der Waals surface area contributed by atoms with Crippen molar-refractivity contribution in [3.63, 3.8) is 0 Å². The Balaban J connectivity index is 2.30. The molecule has 0 spiro atoms. The van der Waals surface area contributed by atoms with Crippen LogP contribution in [0.1, 0.15) is 37.7 Å². The van der Waals surface area contributed by atoms with Gasteiger partial charge in [-0.3, -0.25) is 0 Å². The minimum absolute atomic E-state index is 0.0674. The van der Waals surface area contributed by atoms with Crippen molar-refractivity contribution >= 4 is 38.8 Å². The third-order valence-electron chi connectivity index (χ3n) is 3.97. The Hall–Kier alpha value is -0.690. The van der Waals surface area contributed by atoms with Gasteiger partial charge in [0.25, 0.3) is 0 Å². The van der Waals surface area contributed by atoms with Gasteiger partial charge in [-0.25, -0.2) is 8.42 Å². The summed E-state index contributed by atoms with van der Waals surface area (Å²) in [5.74, 6) is 0. The summed E-state index contributed by atoms with van der Waals surface area (Å²) < 4.78 is 26.8. The van der Waals surface area contributed by atoms with E-state index in [4.69, 9.17) is 29.6 Å². The Labute approximate surface area is 136 Å². The van der Waals surface area contributed by atoms with Crippen LogP contribution in [0, 0.1) is 0 Å². The molecular formula is C14H19ClN2O2S2. The SMILES string of the molecule is CN(C1CCCCC1)S(=O)(=O)c1ccc(C(N)=S)c(Cl)c1. The highest BCUT2D eigenvalue weighted by atomic mass is 35.5. The summed E-state index contributed by atoms with van der Waals surface area (Å²) in [6.45, 7) is 0. The standard InChI is InChI=1S/C14H19ClN2O2S2/c1-17(10-5-3-2-4-6-10)21(18,19)11-7-8-12(14(16)20)13(15)9-11/h7-10H,2-6H2,1H3,(H2,16,20). The van der Waals surface area contributed by atoms with Gasteiger partial charge in [-0.15, -0.1) is 0 Å². The zero-order valence-corrected chi connectivity index (χ0v) is 14.3. The summed E-state index contributed by atoms with van der Waals surface area (Å²) in [7, 11) is -1.90. The van der Waals surface area contributed by atoms with E-state index in [1.807, 2.05) is 0 Å². The van der Waals surface area contributed by atoms with Gasteiger partial charge in [0, 0.05) is 18.7 Å². The fraction of sp³-hybridized carbons (Fsp3) is 0.500. The average molecular weight is 347 g/mol. The zero-order valence-electron chi connectivity index (χ0n) is 11.9. The topological polar surface area (TPSA) is 63.4 Å². The first-order chi connectivity index (χ1) is 9.84. The maximum Gasteiger partial charge on any atom is 0.243 e. The van der Waals surface area contributed by atoms with Gasteiger partial charge in [-0.05, 0) is 31.0 Å². The zero-order chi connectivity index (χ0) is 15.6. The van der Waals surface area contributed by atoms with E-state index in [2.05, 4.69) is 0 Å². The third kappa shape index (κ3) is 3.56. The molecule has 0 aliphatic heterocycles. The van der Waals surface area contributed by atoms with Gasteiger partial charge < -0.3 is 5.73 Å². The van der Waals surface area contributed by atoms with Crippen molar-refractivity contribution in [3.8, 4) is 0 Å². The number of benzene rings is 1. The number of halogens is 1. The van der Waals surface area contributed by atoms with E-state index in [-0.39, 0.29) is 20.9 Å². The molecule has 0 atom stereocenters. The molecule has 7 heteroatoms. The molecule has 116 valence electrons. The highest BCUT2D eigenvalue weighted by molar-refractivity contribution is 7.89. The van der Waals surface area contributed by atoms with Crippen molar-refractivity contribution in [2.75, 3.05) is 7.05 Å². The van der Waals surface area contributed by atoms with Gasteiger partial charge in [-0.1, -0.05) is 43.1 Å². The summed E-state index contributed by atoms with van der Waals surface area (Å²) in [6.07, 6.45) is 5.15. The molecule has 1 fully saturated rings. The molecule has 0 radical (unpaired) electrons. The number of nitrogens with two attached hydrogens (primary N) is 1. The molecule has 2 N–H and O–H groups in total.